The second-order valence-corrected chi connectivity index (χ2v) is 5.33. The number of rotatable bonds is 8. The zero-order valence-electron chi connectivity index (χ0n) is 13.3. The highest BCUT2D eigenvalue weighted by Crippen LogP contribution is 2.23. The number of halogens is 1. The molecular weight excluding hydrogens is 304 g/mol. The Hall–Kier alpha value is -1.75. The summed E-state index contributed by atoms with van der Waals surface area (Å²) in [4.78, 5) is 25.6. The second kappa shape index (κ2) is 9.30. The predicted molar refractivity (Wildman–Crippen MR) is 88.4 cm³/mol. The molecule has 22 heavy (non-hydrogen) atoms. The first kappa shape index (κ1) is 18.3. The van der Waals surface area contributed by atoms with Crippen LogP contribution in [0.1, 0.15) is 37.0 Å². The number of carbonyl (C=O) groups is 2. The quantitative estimate of drug-likeness (QED) is 0.745. The summed E-state index contributed by atoms with van der Waals surface area (Å²) in [5.74, 6) is -0.423. The fourth-order valence-corrected chi connectivity index (χ4v) is 2.27. The van der Waals surface area contributed by atoms with Crippen LogP contribution in [0.15, 0.2) is 18.2 Å². The number of benzene rings is 1. The molecule has 0 atom stereocenters. The largest absolute Gasteiger partial charge is 0.465 e. The fraction of sp³-hybridized carbons (Fsp3) is 0.500. The lowest BCUT2D eigenvalue weighted by atomic mass is 10.2. The molecule has 0 bridgehead atoms. The fourth-order valence-electron chi connectivity index (χ4n) is 2.09. The molecule has 1 aromatic rings. The number of carbonyl (C=O) groups excluding carboxylic acids is 2. The molecule has 0 aliphatic rings. The molecule has 0 fully saturated rings. The topological polar surface area (TPSA) is 58.6 Å². The SMILES string of the molecule is CCCN(CCC)C(=O)CNc1cc(C(=O)OC)ccc1Cl. The maximum atomic E-state index is 12.2. The van der Waals surface area contributed by atoms with Crippen LogP contribution in [-0.4, -0.2) is 43.5 Å². The van der Waals surface area contributed by atoms with E-state index in [9.17, 15) is 9.59 Å². The Bertz CT molecular complexity index is 514. The first-order valence-corrected chi connectivity index (χ1v) is 7.80. The molecule has 1 aromatic carbocycles. The van der Waals surface area contributed by atoms with Crippen molar-refractivity contribution in [3.63, 3.8) is 0 Å². The van der Waals surface area contributed by atoms with Gasteiger partial charge in [0.1, 0.15) is 0 Å². The smallest absolute Gasteiger partial charge is 0.337 e. The van der Waals surface area contributed by atoms with E-state index in [0.29, 0.717) is 16.3 Å². The third-order valence-electron chi connectivity index (χ3n) is 3.16. The van der Waals surface area contributed by atoms with Crippen molar-refractivity contribution in [1.29, 1.82) is 0 Å². The number of anilines is 1. The van der Waals surface area contributed by atoms with Gasteiger partial charge in [0.05, 0.1) is 29.9 Å². The summed E-state index contributed by atoms with van der Waals surface area (Å²) in [7, 11) is 1.32. The van der Waals surface area contributed by atoms with Gasteiger partial charge < -0.3 is 15.0 Å². The van der Waals surface area contributed by atoms with Crippen molar-refractivity contribution in [2.24, 2.45) is 0 Å². The highest BCUT2D eigenvalue weighted by Gasteiger charge is 2.13. The molecule has 0 spiro atoms. The van der Waals surface area contributed by atoms with Crippen LogP contribution in [0.5, 0.6) is 0 Å². The van der Waals surface area contributed by atoms with Crippen LogP contribution >= 0.6 is 11.6 Å². The lowest BCUT2D eigenvalue weighted by Crippen LogP contribution is -2.36. The van der Waals surface area contributed by atoms with Gasteiger partial charge in [0.25, 0.3) is 0 Å². The van der Waals surface area contributed by atoms with E-state index in [1.165, 1.54) is 7.11 Å². The van der Waals surface area contributed by atoms with Crippen molar-refractivity contribution in [2.45, 2.75) is 26.7 Å². The zero-order chi connectivity index (χ0) is 16.5. The second-order valence-electron chi connectivity index (χ2n) is 4.92. The first-order chi connectivity index (χ1) is 10.5. The Labute approximate surface area is 136 Å². The van der Waals surface area contributed by atoms with Gasteiger partial charge in [-0.25, -0.2) is 4.79 Å². The van der Waals surface area contributed by atoms with Crippen LogP contribution in [0.3, 0.4) is 0 Å². The molecule has 0 aromatic heterocycles. The molecule has 0 saturated heterocycles. The Morgan fingerprint density at radius 1 is 1.23 bits per heavy atom. The summed E-state index contributed by atoms with van der Waals surface area (Å²) >= 11 is 6.09. The molecule has 0 unspecified atom stereocenters. The Morgan fingerprint density at radius 3 is 2.41 bits per heavy atom. The highest BCUT2D eigenvalue weighted by molar-refractivity contribution is 6.33. The number of amides is 1. The van der Waals surface area contributed by atoms with Gasteiger partial charge in [-0.1, -0.05) is 25.4 Å². The number of nitrogens with one attached hydrogen (secondary N) is 1. The minimum atomic E-state index is -0.440. The summed E-state index contributed by atoms with van der Waals surface area (Å²) in [5.41, 5.74) is 0.937. The molecular formula is C16H23ClN2O3. The Kier molecular flexibility index (Phi) is 7.74. The van der Waals surface area contributed by atoms with Gasteiger partial charge in [-0.05, 0) is 31.0 Å². The standard InChI is InChI=1S/C16H23ClN2O3/c1-4-8-19(9-5-2)15(20)11-18-14-10-12(16(21)22-3)6-7-13(14)17/h6-7,10,18H,4-5,8-9,11H2,1-3H3. The maximum Gasteiger partial charge on any atom is 0.337 e. The predicted octanol–water partition coefficient (Wildman–Crippen LogP) is 3.19. The van der Waals surface area contributed by atoms with Gasteiger partial charge in [0.15, 0.2) is 0 Å². The van der Waals surface area contributed by atoms with Crippen LogP contribution in [-0.2, 0) is 9.53 Å². The molecule has 1 rings (SSSR count). The van der Waals surface area contributed by atoms with Crippen LogP contribution in [0.25, 0.3) is 0 Å². The molecule has 5 nitrogen and oxygen atoms in total. The Balaban J connectivity index is 2.74. The lowest BCUT2D eigenvalue weighted by molar-refractivity contribution is -0.129. The lowest BCUT2D eigenvalue weighted by Gasteiger charge is -2.22. The number of esters is 1. The van der Waals surface area contributed by atoms with E-state index >= 15 is 0 Å². The summed E-state index contributed by atoms with van der Waals surface area (Å²) in [6.07, 6.45) is 1.84. The first-order valence-electron chi connectivity index (χ1n) is 7.43. The van der Waals surface area contributed by atoms with E-state index < -0.39 is 5.97 Å². The summed E-state index contributed by atoms with van der Waals surface area (Å²) in [6, 6.07) is 4.78. The summed E-state index contributed by atoms with van der Waals surface area (Å²) in [5, 5.41) is 3.45. The van der Waals surface area contributed by atoms with Crippen LogP contribution in [0, 0.1) is 0 Å². The van der Waals surface area contributed by atoms with E-state index in [1.54, 1.807) is 18.2 Å². The van der Waals surface area contributed by atoms with E-state index in [0.717, 1.165) is 25.9 Å². The Morgan fingerprint density at radius 2 is 1.86 bits per heavy atom. The van der Waals surface area contributed by atoms with Gasteiger partial charge in [-0.2, -0.15) is 0 Å². The molecule has 122 valence electrons. The van der Waals surface area contributed by atoms with Gasteiger partial charge in [0, 0.05) is 13.1 Å². The summed E-state index contributed by atoms with van der Waals surface area (Å²) < 4.78 is 4.67. The normalized spacial score (nSPS) is 10.2. The number of hydrogen-bond acceptors (Lipinski definition) is 4. The maximum absolute atomic E-state index is 12.2. The van der Waals surface area contributed by atoms with Gasteiger partial charge in [0.2, 0.25) is 5.91 Å². The average molecular weight is 327 g/mol. The van der Waals surface area contributed by atoms with Crippen LogP contribution in [0.4, 0.5) is 5.69 Å². The van der Waals surface area contributed by atoms with Gasteiger partial charge in [-0.3, -0.25) is 4.79 Å². The van der Waals surface area contributed by atoms with Crippen molar-refractivity contribution < 1.29 is 14.3 Å². The summed E-state index contributed by atoms with van der Waals surface area (Å²) in [6.45, 7) is 5.71. The minimum Gasteiger partial charge on any atom is -0.465 e. The monoisotopic (exact) mass is 326 g/mol. The van der Waals surface area contributed by atoms with Crippen molar-refractivity contribution in [3.05, 3.63) is 28.8 Å². The third-order valence-corrected chi connectivity index (χ3v) is 3.49. The third kappa shape index (κ3) is 5.22. The number of methoxy groups -OCH3 is 1. The highest BCUT2D eigenvalue weighted by atomic mass is 35.5. The van der Waals surface area contributed by atoms with Crippen molar-refractivity contribution in [1.82, 2.24) is 4.90 Å². The zero-order valence-corrected chi connectivity index (χ0v) is 14.1. The minimum absolute atomic E-state index is 0.0169. The molecule has 0 radical (unpaired) electrons. The van der Waals surface area contributed by atoms with Crippen molar-refractivity contribution >= 4 is 29.2 Å². The number of nitrogens with zero attached hydrogens (tertiary/aromatic N) is 1. The van der Waals surface area contributed by atoms with E-state index in [-0.39, 0.29) is 12.5 Å². The molecule has 0 aliphatic heterocycles. The van der Waals surface area contributed by atoms with Crippen molar-refractivity contribution in [2.75, 3.05) is 32.1 Å². The molecule has 0 saturated carbocycles. The van der Waals surface area contributed by atoms with Gasteiger partial charge >= 0.3 is 5.97 Å². The molecule has 1 amide bonds. The van der Waals surface area contributed by atoms with Crippen LogP contribution < -0.4 is 5.32 Å². The molecule has 6 heteroatoms. The molecule has 0 heterocycles. The average Bonchev–Trinajstić information content (AvgIpc) is 2.52. The molecule has 0 aliphatic carbocycles. The number of hydrogen-bond donors (Lipinski definition) is 1. The molecule has 1 N–H and O–H groups in total. The van der Waals surface area contributed by atoms with Crippen LogP contribution in [0.2, 0.25) is 5.02 Å². The van der Waals surface area contributed by atoms with E-state index in [2.05, 4.69) is 10.1 Å². The number of ether oxygens (including phenoxy) is 1. The van der Waals surface area contributed by atoms with E-state index in [4.69, 9.17) is 11.6 Å². The van der Waals surface area contributed by atoms with E-state index in [1.807, 2.05) is 18.7 Å². The van der Waals surface area contributed by atoms with Gasteiger partial charge in [-0.15, -0.1) is 0 Å². The van der Waals surface area contributed by atoms with Crippen molar-refractivity contribution in [3.8, 4) is 0 Å².